The second-order valence-corrected chi connectivity index (χ2v) is 8.30. The number of nitrogens with zero attached hydrogens (tertiary/aromatic N) is 2. The number of amides is 1. The van der Waals surface area contributed by atoms with Gasteiger partial charge in [-0.15, -0.1) is 24.0 Å². The summed E-state index contributed by atoms with van der Waals surface area (Å²) in [6.07, 6.45) is 7.36. The highest BCUT2D eigenvalue weighted by atomic mass is 127. The molecule has 0 radical (unpaired) electrons. The number of hydrogen-bond acceptors (Lipinski definition) is 3. The van der Waals surface area contributed by atoms with Gasteiger partial charge in [-0.2, -0.15) is 0 Å². The van der Waals surface area contributed by atoms with Crippen LogP contribution in [0.3, 0.4) is 0 Å². The fourth-order valence-corrected chi connectivity index (χ4v) is 4.34. The number of aliphatic imine (C=N–C) groups is 1. The Kier molecular flexibility index (Phi) is 12.3. The van der Waals surface area contributed by atoms with Crippen molar-refractivity contribution in [2.24, 2.45) is 10.9 Å². The van der Waals surface area contributed by atoms with Gasteiger partial charge < -0.3 is 20.3 Å². The van der Waals surface area contributed by atoms with Crippen LogP contribution in [0.15, 0.2) is 35.3 Å². The van der Waals surface area contributed by atoms with Crippen molar-refractivity contribution >= 4 is 35.8 Å². The molecule has 2 fully saturated rings. The van der Waals surface area contributed by atoms with E-state index in [1.54, 1.807) is 0 Å². The summed E-state index contributed by atoms with van der Waals surface area (Å²) >= 11 is 0. The van der Waals surface area contributed by atoms with E-state index in [0.29, 0.717) is 18.2 Å². The minimum absolute atomic E-state index is 0. The summed E-state index contributed by atoms with van der Waals surface area (Å²) in [4.78, 5) is 19.0. The first-order valence-corrected chi connectivity index (χ1v) is 11.7. The zero-order valence-corrected chi connectivity index (χ0v) is 21.2. The minimum Gasteiger partial charge on any atom is -0.373 e. The number of benzene rings is 1. The van der Waals surface area contributed by atoms with Gasteiger partial charge in [0.1, 0.15) is 0 Å². The van der Waals surface area contributed by atoms with Crippen molar-refractivity contribution in [1.29, 1.82) is 0 Å². The van der Waals surface area contributed by atoms with Crippen molar-refractivity contribution in [1.82, 2.24) is 15.5 Å². The zero-order valence-electron chi connectivity index (χ0n) is 18.9. The Morgan fingerprint density at radius 1 is 1.16 bits per heavy atom. The number of hydrogen-bond donors (Lipinski definition) is 2. The number of nitrogens with one attached hydrogen (secondary N) is 2. The Labute approximate surface area is 204 Å². The molecule has 0 aliphatic carbocycles. The van der Waals surface area contributed by atoms with E-state index >= 15 is 0 Å². The molecule has 2 N–H and O–H groups in total. The maximum atomic E-state index is 12.1. The Balaban J connectivity index is 0.00000341. The lowest BCUT2D eigenvalue weighted by Gasteiger charge is -2.31. The van der Waals surface area contributed by atoms with E-state index in [2.05, 4.69) is 41.8 Å². The van der Waals surface area contributed by atoms with Crippen LogP contribution in [0.5, 0.6) is 0 Å². The lowest BCUT2D eigenvalue weighted by Crippen LogP contribution is -2.40. The fraction of sp³-hybridized carbons (Fsp3) is 0.667. The lowest BCUT2D eigenvalue weighted by molar-refractivity contribution is -0.130. The summed E-state index contributed by atoms with van der Waals surface area (Å²) < 4.78 is 6.11. The van der Waals surface area contributed by atoms with E-state index < -0.39 is 0 Å². The summed E-state index contributed by atoms with van der Waals surface area (Å²) in [5, 5.41) is 6.80. The van der Waals surface area contributed by atoms with Crippen LogP contribution in [0.4, 0.5) is 0 Å². The minimum atomic E-state index is 0. The van der Waals surface area contributed by atoms with Crippen LogP contribution < -0.4 is 10.6 Å². The number of carbonyl (C=O) groups excluding carboxylic acids is 1. The molecule has 1 amide bonds. The van der Waals surface area contributed by atoms with Gasteiger partial charge in [0.25, 0.3) is 0 Å². The van der Waals surface area contributed by atoms with E-state index in [0.717, 1.165) is 77.4 Å². The summed E-state index contributed by atoms with van der Waals surface area (Å²) in [5.74, 6) is 1.57. The summed E-state index contributed by atoms with van der Waals surface area (Å²) in [6, 6.07) is 10.5. The van der Waals surface area contributed by atoms with Crippen molar-refractivity contribution in [3.8, 4) is 0 Å². The largest absolute Gasteiger partial charge is 0.373 e. The van der Waals surface area contributed by atoms with Crippen LogP contribution in [0.25, 0.3) is 0 Å². The van der Waals surface area contributed by atoms with Gasteiger partial charge in [-0.1, -0.05) is 36.8 Å². The van der Waals surface area contributed by atoms with Crippen LogP contribution >= 0.6 is 24.0 Å². The van der Waals surface area contributed by atoms with Crippen molar-refractivity contribution in [3.63, 3.8) is 0 Å². The molecule has 2 aliphatic rings. The topological polar surface area (TPSA) is 66.0 Å². The molecule has 1 aromatic carbocycles. The van der Waals surface area contributed by atoms with E-state index in [9.17, 15) is 4.79 Å². The molecule has 0 bridgehead atoms. The standard InChI is InChI=1S/C24H38N4O2.HI/c1-2-25-24(26-15-10-17-28-16-8-4-7-14-22(28)29)27-19-21-13-9-18-30-23(21)20-11-5-3-6-12-20;/h3,5-6,11-12,21,23H,2,4,7-10,13-19H2,1H3,(H2,25,26,27);1H. The van der Waals surface area contributed by atoms with Crippen molar-refractivity contribution in [2.75, 3.05) is 39.3 Å². The Bertz CT molecular complexity index is 671. The normalized spacial score (nSPS) is 22.4. The lowest BCUT2D eigenvalue weighted by atomic mass is 9.89. The number of rotatable bonds is 8. The Morgan fingerprint density at radius 2 is 2.00 bits per heavy atom. The predicted octanol–water partition coefficient (Wildman–Crippen LogP) is 4.12. The maximum absolute atomic E-state index is 12.1. The van der Waals surface area contributed by atoms with Crippen LogP contribution in [0, 0.1) is 5.92 Å². The van der Waals surface area contributed by atoms with Gasteiger partial charge in [-0.25, -0.2) is 0 Å². The van der Waals surface area contributed by atoms with Gasteiger partial charge in [-0.3, -0.25) is 9.79 Å². The second kappa shape index (κ2) is 14.7. The molecule has 2 aliphatic heterocycles. The molecule has 2 atom stereocenters. The van der Waals surface area contributed by atoms with E-state index in [1.807, 2.05) is 11.0 Å². The molecule has 2 heterocycles. The molecule has 0 spiro atoms. The third-order valence-corrected chi connectivity index (χ3v) is 5.97. The fourth-order valence-electron chi connectivity index (χ4n) is 4.34. The van der Waals surface area contributed by atoms with Crippen molar-refractivity contribution < 1.29 is 9.53 Å². The summed E-state index contributed by atoms with van der Waals surface area (Å²) in [6.45, 7) is 7.06. The first-order valence-electron chi connectivity index (χ1n) is 11.7. The SMILES string of the molecule is CCNC(=NCC1CCCOC1c1ccccc1)NCCCN1CCCCCC1=O.I. The number of carbonyl (C=O) groups is 1. The average molecular weight is 543 g/mol. The third kappa shape index (κ3) is 8.60. The third-order valence-electron chi connectivity index (χ3n) is 5.97. The van der Waals surface area contributed by atoms with E-state index in [1.165, 1.54) is 12.0 Å². The van der Waals surface area contributed by atoms with Gasteiger partial charge >= 0.3 is 0 Å². The molecule has 31 heavy (non-hydrogen) atoms. The van der Waals surface area contributed by atoms with Crippen molar-refractivity contribution in [2.45, 2.75) is 58.0 Å². The molecular weight excluding hydrogens is 503 g/mol. The van der Waals surface area contributed by atoms with Gasteiger partial charge in [-0.05, 0) is 44.6 Å². The predicted molar refractivity (Wildman–Crippen MR) is 137 cm³/mol. The zero-order chi connectivity index (χ0) is 21.0. The molecule has 3 rings (SSSR count). The molecule has 2 unspecified atom stereocenters. The molecule has 7 heteroatoms. The molecule has 0 aromatic heterocycles. The number of likely N-dealkylation sites (tertiary alicyclic amines) is 1. The van der Waals surface area contributed by atoms with Crippen LogP contribution in [0.1, 0.15) is 63.5 Å². The van der Waals surface area contributed by atoms with Gasteiger partial charge in [0.15, 0.2) is 5.96 Å². The second-order valence-electron chi connectivity index (χ2n) is 8.30. The van der Waals surface area contributed by atoms with Gasteiger partial charge in [0.05, 0.1) is 6.10 Å². The van der Waals surface area contributed by atoms with Crippen LogP contribution in [-0.4, -0.2) is 56.1 Å². The monoisotopic (exact) mass is 542 g/mol. The summed E-state index contributed by atoms with van der Waals surface area (Å²) in [5.41, 5.74) is 1.25. The Hall–Kier alpha value is -1.35. The molecule has 2 saturated heterocycles. The quantitative estimate of drug-likeness (QED) is 0.225. The molecule has 0 saturated carbocycles. The first kappa shape index (κ1) is 25.9. The smallest absolute Gasteiger partial charge is 0.222 e. The number of guanidine groups is 1. The highest BCUT2D eigenvalue weighted by Gasteiger charge is 2.27. The van der Waals surface area contributed by atoms with E-state index in [-0.39, 0.29) is 30.1 Å². The van der Waals surface area contributed by atoms with Crippen molar-refractivity contribution in [3.05, 3.63) is 35.9 Å². The van der Waals surface area contributed by atoms with Gasteiger partial charge in [0.2, 0.25) is 5.91 Å². The maximum Gasteiger partial charge on any atom is 0.222 e. The molecule has 174 valence electrons. The number of ether oxygens (including phenoxy) is 1. The number of halogens is 1. The Morgan fingerprint density at radius 3 is 2.81 bits per heavy atom. The first-order chi connectivity index (χ1) is 14.8. The van der Waals surface area contributed by atoms with Crippen LogP contribution in [-0.2, 0) is 9.53 Å². The van der Waals surface area contributed by atoms with Crippen LogP contribution in [0.2, 0.25) is 0 Å². The molecular formula is C24H39IN4O2. The molecule has 1 aromatic rings. The van der Waals surface area contributed by atoms with E-state index in [4.69, 9.17) is 9.73 Å². The highest BCUT2D eigenvalue weighted by molar-refractivity contribution is 14.0. The summed E-state index contributed by atoms with van der Waals surface area (Å²) in [7, 11) is 0. The molecule has 6 nitrogen and oxygen atoms in total. The average Bonchev–Trinajstić information content (AvgIpc) is 2.99. The highest BCUT2D eigenvalue weighted by Crippen LogP contribution is 2.33. The van der Waals surface area contributed by atoms with Gasteiger partial charge in [0, 0.05) is 51.7 Å².